The molecular weight excluding hydrogens is 408 g/mol. The van der Waals surface area contributed by atoms with E-state index in [0.717, 1.165) is 24.5 Å². The molecule has 0 radical (unpaired) electrons. The van der Waals surface area contributed by atoms with Gasteiger partial charge < -0.3 is 25.8 Å². The van der Waals surface area contributed by atoms with E-state index >= 15 is 0 Å². The zero-order valence-corrected chi connectivity index (χ0v) is 18.6. The molecule has 3 N–H and O–H groups in total. The summed E-state index contributed by atoms with van der Waals surface area (Å²) in [6.45, 7) is 7.20. The Morgan fingerprint density at radius 3 is 2.50 bits per heavy atom. The van der Waals surface area contributed by atoms with Crippen LogP contribution in [0.25, 0.3) is 0 Å². The molecule has 1 aromatic heterocycles. The van der Waals surface area contributed by atoms with E-state index in [1.807, 2.05) is 36.9 Å². The van der Waals surface area contributed by atoms with E-state index in [2.05, 4.69) is 25.8 Å². The first-order chi connectivity index (χ1) is 15.5. The van der Waals surface area contributed by atoms with Crippen molar-refractivity contribution >= 4 is 29.4 Å². The molecule has 1 aliphatic heterocycles. The van der Waals surface area contributed by atoms with E-state index in [1.54, 1.807) is 24.4 Å². The lowest BCUT2D eigenvalue weighted by molar-refractivity contribution is -0.131. The number of benzene rings is 1. The third-order valence-corrected chi connectivity index (χ3v) is 5.32. The van der Waals surface area contributed by atoms with Crippen molar-refractivity contribution in [3.63, 3.8) is 0 Å². The molecule has 3 rings (SSSR count). The highest BCUT2D eigenvalue weighted by molar-refractivity contribution is 5.97. The van der Waals surface area contributed by atoms with Gasteiger partial charge in [-0.1, -0.05) is 12.1 Å². The van der Waals surface area contributed by atoms with Crippen LogP contribution < -0.4 is 20.9 Å². The van der Waals surface area contributed by atoms with Crippen molar-refractivity contribution in [2.45, 2.75) is 20.3 Å². The molecule has 170 valence electrons. The fourth-order valence-corrected chi connectivity index (χ4v) is 3.49. The van der Waals surface area contributed by atoms with E-state index < -0.39 is 6.03 Å². The quantitative estimate of drug-likeness (QED) is 0.613. The third kappa shape index (κ3) is 6.19. The summed E-state index contributed by atoms with van der Waals surface area (Å²) in [5, 5.41) is 8.21. The molecule has 32 heavy (non-hydrogen) atoms. The van der Waals surface area contributed by atoms with Crippen molar-refractivity contribution in [1.29, 1.82) is 0 Å². The van der Waals surface area contributed by atoms with Gasteiger partial charge >= 0.3 is 6.03 Å². The molecule has 1 saturated heterocycles. The third-order valence-electron chi connectivity index (χ3n) is 5.32. The number of hydrogen-bond acceptors (Lipinski definition) is 5. The molecular formula is C23H30N6O3. The Balaban J connectivity index is 1.42. The highest BCUT2D eigenvalue weighted by Gasteiger charge is 2.21. The van der Waals surface area contributed by atoms with Crippen molar-refractivity contribution < 1.29 is 14.4 Å². The van der Waals surface area contributed by atoms with E-state index in [4.69, 9.17) is 0 Å². The predicted molar refractivity (Wildman–Crippen MR) is 124 cm³/mol. The zero-order valence-electron chi connectivity index (χ0n) is 18.6. The SMILES string of the molecule is CCNC(=O)c1ccc(C)c(NC(=O)NCCC(=O)N2CCN(c3ccccn3)CC2)c1. The standard InChI is InChI=1S/C23H30N6O3/c1-3-24-22(31)18-8-7-17(2)19(16-18)27-23(32)26-11-9-21(30)29-14-12-28(13-15-29)20-6-4-5-10-25-20/h4-8,10,16H,3,9,11-15H2,1-2H3,(H,24,31)(H2,26,27,32). The lowest BCUT2D eigenvalue weighted by atomic mass is 10.1. The molecule has 0 saturated carbocycles. The number of pyridine rings is 1. The minimum absolute atomic E-state index is 0.0142. The summed E-state index contributed by atoms with van der Waals surface area (Å²) in [6.07, 6.45) is 2.00. The second-order valence-corrected chi connectivity index (χ2v) is 7.58. The van der Waals surface area contributed by atoms with Gasteiger partial charge in [-0.15, -0.1) is 0 Å². The lowest BCUT2D eigenvalue weighted by Gasteiger charge is -2.35. The van der Waals surface area contributed by atoms with E-state index in [0.29, 0.717) is 30.9 Å². The van der Waals surface area contributed by atoms with Gasteiger partial charge in [0.15, 0.2) is 0 Å². The number of anilines is 2. The summed E-state index contributed by atoms with van der Waals surface area (Å²) in [6, 6.07) is 10.5. The second kappa shape index (κ2) is 11.1. The molecule has 0 atom stereocenters. The summed E-state index contributed by atoms with van der Waals surface area (Å²) in [5.41, 5.74) is 1.88. The van der Waals surface area contributed by atoms with Crippen LogP contribution in [0.2, 0.25) is 0 Å². The van der Waals surface area contributed by atoms with E-state index in [9.17, 15) is 14.4 Å². The Labute approximate surface area is 188 Å². The Hall–Kier alpha value is -3.62. The smallest absolute Gasteiger partial charge is 0.319 e. The van der Waals surface area contributed by atoms with Gasteiger partial charge in [-0.2, -0.15) is 0 Å². The maximum atomic E-state index is 12.5. The minimum atomic E-state index is -0.408. The minimum Gasteiger partial charge on any atom is -0.353 e. The van der Waals surface area contributed by atoms with Crippen LogP contribution in [0.15, 0.2) is 42.6 Å². The Kier molecular flexibility index (Phi) is 8.02. The summed E-state index contributed by atoms with van der Waals surface area (Å²) >= 11 is 0. The van der Waals surface area contributed by atoms with Gasteiger partial charge in [0.2, 0.25) is 5.91 Å². The van der Waals surface area contributed by atoms with Gasteiger partial charge in [-0.25, -0.2) is 9.78 Å². The van der Waals surface area contributed by atoms with Crippen molar-refractivity contribution in [3.8, 4) is 0 Å². The lowest BCUT2D eigenvalue weighted by Crippen LogP contribution is -2.49. The van der Waals surface area contributed by atoms with Gasteiger partial charge in [0.1, 0.15) is 5.82 Å². The number of carbonyl (C=O) groups is 3. The van der Waals surface area contributed by atoms with Crippen LogP contribution in [0.5, 0.6) is 0 Å². The Bertz CT molecular complexity index is 942. The average molecular weight is 439 g/mol. The molecule has 1 aliphatic rings. The number of urea groups is 1. The average Bonchev–Trinajstić information content (AvgIpc) is 2.81. The van der Waals surface area contributed by atoms with Crippen molar-refractivity contribution in [3.05, 3.63) is 53.7 Å². The van der Waals surface area contributed by atoms with Crippen LogP contribution in [0, 0.1) is 6.92 Å². The number of rotatable bonds is 7. The number of nitrogens with one attached hydrogen (secondary N) is 3. The number of aromatic nitrogens is 1. The number of hydrogen-bond donors (Lipinski definition) is 3. The van der Waals surface area contributed by atoms with Crippen molar-refractivity contribution in [2.75, 3.05) is 49.5 Å². The van der Waals surface area contributed by atoms with E-state index in [1.165, 1.54) is 0 Å². The number of nitrogens with zero attached hydrogens (tertiary/aromatic N) is 3. The van der Waals surface area contributed by atoms with E-state index in [-0.39, 0.29) is 24.8 Å². The first-order valence-electron chi connectivity index (χ1n) is 10.9. The normalized spacial score (nSPS) is 13.4. The van der Waals surface area contributed by atoms with Crippen molar-refractivity contribution in [1.82, 2.24) is 20.5 Å². The second-order valence-electron chi connectivity index (χ2n) is 7.58. The molecule has 1 fully saturated rings. The predicted octanol–water partition coefficient (Wildman–Crippen LogP) is 2.00. The van der Waals surface area contributed by atoms with Crippen LogP contribution in [0.4, 0.5) is 16.3 Å². The monoisotopic (exact) mass is 438 g/mol. The Morgan fingerprint density at radius 2 is 1.81 bits per heavy atom. The van der Waals surface area contributed by atoms with Crippen LogP contribution in [-0.2, 0) is 4.79 Å². The number of amides is 4. The maximum Gasteiger partial charge on any atom is 0.319 e. The molecule has 1 aromatic carbocycles. The van der Waals surface area contributed by atoms with Gasteiger partial charge in [-0.05, 0) is 43.7 Å². The fraction of sp³-hybridized carbons (Fsp3) is 0.391. The molecule has 0 spiro atoms. The summed E-state index contributed by atoms with van der Waals surface area (Å²) in [4.78, 5) is 45.1. The molecule has 0 bridgehead atoms. The number of piperazine rings is 1. The first kappa shape index (κ1) is 23.1. The Morgan fingerprint density at radius 1 is 1.03 bits per heavy atom. The summed E-state index contributed by atoms with van der Waals surface area (Å²) in [7, 11) is 0. The molecule has 2 heterocycles. The fourth-order valence-electron chi connectivity index (χ4n) is 3.49. The summed E-state index contributed by atoms with van der Waals surface area (Å²) < 4.78 is 0. The van der Waals surface area contributed by atoms with Crippen LogP contribution in [0.1, 0.15) is 29.3 Å². The van der Waals surface area contributed by atoms with Crippen LogP contribution in [-0.4, -0.2) is 67.0 Å². The summed E-state index contributed by atoms with van der Waals surface area (Å²) in [5.74, 6) is 0.745. The molecule has 9 heteroatoms. The highest BCUT2D eigenvalue weighted by atomic mass is 16.2. The van der Waals surface area contributed by atoms with Crippen LogP contribution >= 0.6 is 0 Å². The zero-order chi connectivity index (χ0) is 22.9. The van der Waals surface area contributed by atoms with Gasteiger partial charge in [-0.3, -0.25) is 9.59 Å². The molecule has 0 aliphatic carbocycles. The molecule has 9 nitrogen and oxygen atoms in total. The number of aryl methyl sites for hydroxylation is 1. The van der Waals surface area contributed by atoms with Gasteiger partial charge in [0.05, 0.1) is 0 Å². The first-order valence-corrected chi connectivity index (χ1v) is 10.9. The van der Waals surface area contributed by atoms with Gasteiger partial charge in [0.25, 0.3) is 5.91 Å². The molecule has 2 aromatic rings. The maximum absolute atomic E-state index is 12.5. The van der Waals surface area contributed by atoms with Crippen LogP contribution in [0.3, 0.4) is 0 Å². The number of carbonyl (C=O) groups excluding carboxylic acids is 3. The molecule has 0 unspecified atom stereocenters. The molecule has 4 amide bonds. The topological polar surface area (TPSA) is 107 Å². The van der Waals surface area contributed by atoms with Gasteiger partial charge in [0, 0.05) is 63.1 Å². The largest absolute Gasteiger partial charge is 0.353 e. The van der Waals surface area contributed by atoms with Crippen molar-refractivity contribution in [2.24, 2.45) is 0 Å². The highest BCUT2D eigenvalue weighted by Crippen LogP contribution is 2.17.